The molecule has 0 aliphatic rings. The number of methoxy groups -OCH3 is 2. The number of ether oxygens (including phenoxy) is 2. The van der Waals surface area contributed by atoms with Crippen molar-refractivity contribution in [2.75, 3.05) is 31.4 Å². The molecule has 9 heteroatoms. The average Bonchev–Trinajstić information content (AvgIpc) is 3.33. The first-order valence-corrected chi connectivity index (χ1v) is 9.25. The van der Waals surface area contributed by atoms with E-state index in [-0.39, 0.29) is 18.2 Å². The Kier molecular flexibility index (Phi) is 6.89. The average molecular weight is 423 g/mol. The van der Waals surface area contributed by atoms with Crippen molar-refractivity contribution in [3.05, 3.63) is 72.2 Å². The quantitative estimate of drug-likeness (QED) is 0.513. The number of hydrogen-bond acceptors (Lipinski definition) is 6. The second-order valence-corrected chi connectivity index (χ2v) is 6.31. The standard InChI is InChI=1S/C22H21N3O6/c1-29-17-10-5-14(12-19(17)30-2)21(27)23-13-20(26)24-15-6-8-16(9-7-15)25-22(28)18-4-3-11-31-18/h3-12H,13H2,1-2H3,(H,23,27)(H,24,26)(H,25,28). The second kappa shape index (κ2) is 9.97. The maximum atomic E-state index is 12.3. The van der Waals surface area contributed by atoms with Crippen molar-refractivity contribution in [3.8, 4) is 11.5 Å². The topological polar surface area (TPSA) is 119 Å². The van der Waals surface area contributed by atoms with Gasteiger partial charge in [-0.1, -0.05) is 0 Å². The van der Waals surface area contributed by atoms with Gasteiger partial charge in [0.1, 0.15) is 0 Å². The molecular formula is C22H21N3O6. The summed E-state index contributed by atoms with van der Waals surface area (Å²) in [6.07, 6.45) is 1.41. The van der Waals surface area contributed by atoms with E-state index in [1.165, 1.54) is 26.5 Å². The van der Waals surface area contributed by atoms with Crippen LogP contribution in [0.1, 0.15) is 20.9 Å². The fraction of sp³-hybridized carbons (Fsp3) is 0.136. The Hall–Kier alpha value is -4.27. The van der Waals surface area contributed by atoms with Crippen LogP contribution in [0, 0.1) is 0 Å². The Morgan fingerprint density at radius 3 is 2.13 bits per heavy atom. The second-order valence-electron chi connectivity index (χ2n) is 6.31. The number of hydrogen-bond donors (Lipinski definition) is 3. The van der Waals surface area contributed by atoms with Gasteiger partial charge in [-0.2, -0.15) is 0 Å². The summed E-state index contributed by atoms with van der Waals surface area (Å²) in [5.41, 5.74) is 1.39. The molecular weight excluding hydrogens is 402 g/mol. The van der Waals surface area contributed by atoms with Gasteiger partial charge >= 0.3 is 0 Å². The molecule has 9 nitrogen and oxygen atoms in total. The molecule has 1 heterocycles. The molecule has 3 aromatic rings. The van der Waals surface area contributed by atoms with Gasteiger partial charge in [-0.05, 0) is 54.6 Å². The van der Waals surface area contributed by atoms with Crippen molar-refractivity contribution in [3.63, 3.8) is 0 Å². The number of furan rings is 1. The Balaban J connectivity index is 1.50. The van der Waals surface area contributed by atoms with E-state index in [1.54, 1.807) is 48.5 Å². The number of carbonyl (C=O) groups is 3. The largest absolute Gasteiger partial charge is 0.493 e. The van der Waals surface area contributed by atoms with Gasteiger partial charge in [0.25, 0.3) is 11.8 Å². The maximum absolute atomic E-state index is 12.3. The molecule has 0 atom stereocenters. The van der Waals surface area contributed by atoms with Gasteiger partial charge in [0.2, 0.25) is 5.91 Å². The van der Waals surface area contributed by atoms with Gasteiger partial charge < -0.3 is 29.8 Å². The van der Waals surface area contributed by atoms with Gasteiger partial charge in [-0.25, -0.2) is 0 Å². The summed E-state index contributed by atoms with van der Waals surface area (Å²) in [5.74, 6) is -0.0880. The lowest BCUT2D eigenvalue weighted by Gasteiger charge is -2.10. The van der Waals surface area contributed by atoms with Crippen LogP contribution in [0.5, 0.6) is 11.5 Å². The molecule has 3 rings (SSSR count). The molecule has 3 amide bonds. The van der Waals surface area contributed by atoms with Gasteiger partial charge in [0.05, 0.1) is 27.0 Å². The van der Waals surface area contributed by atoms with Crippen molar-refractivity contribution < 1.29 is 28.3 Å². The molecule has 0 saturated heterocycles. The van der Waals surface area contributed by atoms with Crippen molar-refractivity contribution in [2.45, 2.75) is 0 Å². The summed E-state index contributed by atoms with van der Waals surface area (Å²) in [4.78, 5) is 36.4. The van der Waals surface area contributed by atoms with E-state index < -0.39 is 11.8 Å². The van der Waals surface area contributed by atoms with Crippen LogP contribution in [-0.4, -0.2) is 38.5 Å². The molecule has 0 aliphatic carbocycles. The summed E-state index contributed by atoms with van der Waals surface area (Å²) in [6.45, 7) is -0.218. The van der Waals surface area contributed by atoms with E-state index in [0.717, 1.165) is 0 Å². The number of carbonyl (C=O) groups excluding carboxylic acids is 3. The lowest BCUT2D eigenvalue weighted by atomic mass is 10.2. The Morgan fingerprint density at radius 1 is 0.839 bits per heavy atom. The molecule has 0 unspecified atom stereocenters. The van der Waals surface area contributed by atoms with Crippen LogP contribution >= 0.6 is 0 Å². The number of nitrogens with one attached hydrogen (secondary N) is 3. The lowest BCUT2D eigenvalue weighted by molar-refractivity contribution is -0.115. The van der Waals surface area contributed by atoms with Crippen LogP contribution in [-0.2, 0) is 4.79 Å². The first-order valence-electron chi connectivity index (χ1n) is 9.25. The summed E-state index contributed by atoms with van der Waals surface area (Å²) >= 11 is 0. The van der Waals surface area contributed by atoms with Gasteiger partial charge in [0.15, 0.2) is 17.3 Å². The highest BCUT2D eigenvalue weighted by Gasteiger charge is 2.12. The molecule has 31 heavy (non-hydrogen) atoms. The van der Waals surface area contributed by atoms with Crippen molar-refractivity contribution in [1.29, 1.82) is 0 Å². The van der Waals surface area contributed by atoms with Crippen molar-refractivity contribution in [2.24, 2.45) is 0 Å². The summed E-state index contributed by atoms with van der Waals surface area (Å²) in [6, 6.07) is 14.4. The van der Waals surface area contributed by atoms with E-state index in [1.807, 2.05) is 0 Å². The predicted octanol–water partition coefficient (Wildman–Crippen LogP) is 2.92. The van der Waals surface area contributed by atoms with Crippen LogP contribution in [0.2, 0.25) is 0 Å². The molecule has 0 saturated carbocycles. The van der Waals surface area contributed by atoms with Crippen LogP contribution in [0.3, 0.4) is 0 Å². The van der Waals surface area contributed by atoms with E-state index in [2.05, 4.69) is 16.0 Å². The molecule has 2 aromatic carbocycles. The summed E-state index contributed by atoms with van der Waals surface area (Å²) in [5, 5.41) is 7.89. The van der Waals surface area contributed by atoms with Crippen LogP contribution in [0.4, 0.5) is 11.4 Å². The third kappa shape index (κ3) is 5.63. The highest BCUT2D eigenvalue weighted by Crippen LogP contribution is 2.27. The fourth-order valence-electron chi connectivity index (χ4n) is 2.68. The minimum atomic E-state index is -0.424. The molecule has 0 radical (unpaired) electrons. The van der Waals surface area contributed by atoms with Crippen LogP contribution < -0.4 is 25.4 Å². The Bertz CT molecular complexity index is 1060. The molecule has 0 aliphatic heterocycles. The lowest BCUT2D eigenvalue weighted by Crippen LogP contribution is -2.32. The molecule has 3 N–H and O–H groups in total. The zero-order valence-corrected chi connectivity index (χ0v) is 16.9. The third-order valence-electron chi connectivity index (χ3n) is 4.23. The number of anilines is 2. The minimum absolute atomic E-state index is 0.197. The smallest absolute Gasteiger partial charge is 0.291 e. The Morgan fingerprint density at radius 2 is 1.52 bits per heavy atom. The Labute approximate surface area is 178 Å². The normalized spacial score (nSPS) is 10.1. The highest BCUT2D eigenvalue weighted by atomic mass is 16.5. The zero-order chi connectivity index (χ0) is 22.2. The molecule has 0 spiro atoms. The van der Waals surface area contributed by atoms with Gasteiger partial charge in [-0.3, -0.25) is 14.4 Å². The molecule has 160 valence electrons. The van der Waals surface area contributed by atoms with Crippen molar-refractivity contribution in [1.82, 2.24) is 5.32 Å². The monoisotopic (exact) mass is 423 g/mol. The van der Waals surface area contributed by atoms with Crippen LogP contribution in [0.15, 0.2) is 65.3 Å². The van der Waals surface area contributed by atoms with E-state index in [4.69, 9.17) is 13.9 Å². The van der Waals surface area contributed by atoms with Crippen molar-refractivity contribution >= 4 is 29.1 Å². The number of benzene rings is 2. The zero-order valence-electron chi connectivity index (χ0n) is 16.9. The van der Waals surface area contributed by atoms with Gasteiger partial charge in [0, 0.05) is 16.9 Å². The maximum Gasteiger partial charge on any atom is 0.291 e. The third-order valence-corrected chi connectivity index (χ3v) is 4.23. The van der Waals surface area contributed by atoms with E-state index in [9.17, 15) is 14.4 Å². The number of rotatable bonds is 8. The molecule has 1 aromatic heterocycles. The highest BCUT2D eigenvalue weighted by molar-refractivity contribution is 6.02. The first-order chi connectivity index (χ1) is 15.0. The minimum Gasteiger partial charge on any atom is -0.493 e. The first kappa shape index (κ1) is 21.4. The molecule has 0 fully saturated rings. The summed E-state index contributed by atoms with van der Waals surface area (Å²) in [7, 11) is 2.97. The predicted molar refractivity (Wildman–Crippen MR) is 114 cm³/mol. The number of amides is 3. The van der Waals surface area contributed by atoms with Gasteiger partial charge in [-0.15, -0.1) is 0 Å². The van der Waals surface area contributed by atoms with Crippen LogP contribution in [0.25, 0.3) is 0 Å². The van der Waals surface area contributed by atoms with E-state index >= 15 is 0 Å². The SMILES string of the molecule is COc1ccc(C(=O)NCC(=O)Nc2ccc(NC(=O)c3ccco3)cc2)cc1OC. The molecule has 0 bridgehead atoms. The summed E-state index contributed by atoms with van der Waals surface area (Å²) < 4.78 is 15.3. The fourth-order valence-corrected chi connectivity index (χ4v) is 2.68. The van der Waals surface area contributed by atoms with E-state index in [0.29, 0.717) is 28.4 Å².